The van der Waals surface area contributed by atoms with Crippen molar-refractivity contribution in [2.75, 3.05) is 7.11 Å². The number of carbonyl (C=O) groups is 1. The number of hydrogen-bond donors (Lipinski definition) is 0. The Morgan fingerprint density at radius 1 is 0.818 bits per heavy atom. The van der Waals surface area contributed by atoms with Crippen molar-refractivity contribution in [2.45, 2.75) is 0 Å². The smallest absolute Gasteiger partial charge is 0.178 e. The van der Waals surface area contributed by atoms with E-state index in [4.69, 9.17) is 4.74 Å². The molecule has 0 saturated carbocycles. The van der Waals surface area contributed by atoms with Crippen LogP contribution in [0, 0.1) is 0 Å². The molecule has 0 amide bonds. The summed E-state index contributed by atoms with van der Waals surface area (Å²) >= 11 is 0. The van der Waals surface area contributed by atoms with Gasteiger partial charge in [-0.3, -0.25) is 4.79 Å². The summed E-state index contributed by atoms with van der Waals surface area (Å²) in [6.07, 6.45) is 10.4. The Morgan fingerprint density at radius 3 is 2.18 bits per heavy atom. The van der Waals surface area contributed by atoms with Crippen LogP contribution in [0.25, 0.3) is 12.2 Å². The first kappa shape index (κ1) is 15.5. The van der Waals surface area contributed by atoms with Gasteiger partial charge in [0.1, 0.15) is 5.75 Å². The van der Waals surface area contributed by atoms with Crippen molar-refractivity contribution in [3.63, 3.8) is 0 Å². The molecule has 2 rings (SSSR count). The maximum Gasteiger partial charge on any atom is 0.178 e. The van der Waals surface area contributed by atoms with E-state index < -0.39 is 0 Å². The van der Waals surface area contributed by atoms with Gasteiger partial charge in [0, 0.05) is 0 Å². The van der Waals surface area contributed by atoms with Crippen LogP contribution >= 0.6 is 0 Å². The molecule has 0 radical (unpaired) electrons. The van der Waals surface area contributed by atoms with Gasteiger partial charge in [0.15, 0.2) is 5.78 Å². The minimum atomic E-state index is -0.0477. The monoisotopic (exact) mass is 290 g/mol. The molecule has 0 aliphatic heterocycles. The van der Waals surface area contributed by atoms with Gasteiger partial charge >= 0.3 is 0 Å². The molecule has 0 saturated heterocycles. The zero-order chi connectivity index (χ0) is 15.6. The van der Waals surface area contributed by atoms with Crippen LogP contribution in [0.1, 0.15) is 11.1 Å². The molecule has 0 unspecified atom stereocenters. The van der Waals surface area contributed by atoms with Crippen molar-refractivity contribution in [2.24, 2.45) is 0 Å². The van der Waals surface area contributed by atoms with Gasteiger partial charge in [-0.25, -0.2) is 0 Å². The highest BCUT2D eigenvalue weighted by atomic mass is 16.5. The highest BCUT2D eigenvalue weighted by molar-refractivity contribution is 6.02. The second kappa shape index (κ2) is 8.42. The molecule has 2 heteroatoms. The summed E-state index contributed by atoms with van der Waals surface area (Å²) in [6.45, 7) is 0. The molecule has 0 aromatic heterocycles. The van der Waals surface area contributed by atoms with Crippen LogP contribution < -0.4 is 4.74 Å². The van der Waals surface area contributed by atoms with Gasteiger partial charge in [-0.2, -0.15) is 0 Å². The van der Waals surface area contributed by atoms with Crippen LogP contribution in [-0.4, -0.2) is 12.9 Å². The van der Waals surface area contributed by atoms with Crippen molar-refractivity contribution in [1.82, 2.24) is 0 Å². The van der Waals surface area contributed by atoms with E-state index in [1.165, 1.54) is 0 Å². The van der Waals surface area contributed by atoms with E-state index in [0.29, 0.717) is 0 Å². The Balaban J connectivity index is 1.87. The maximum absolute atomic E-state index is 11.7. The Bertz CT molecular complexity index is 677. The zero-order valence-corrected chi connectivity index (χ0v) is 12.5. The fourth-order valence-corrected chi connectivity index (χ4v) is 1.83. The van der Waals surface area contributed by atoms with Gasteiger partial charge in [0.05, 0.1) is 7.11 Å². The topological polar surface area (TPSA) is 26.3 Å². The lowest BCUT2D eigenvalue weighted by molar-refractivity contribution is -0.110. The van der Waals surface area contributed by atoms with E-state index in [0.717, 1.165) is 16.9 Å². The number of allylic oxidation sites excluding steroid dienone is 4. The second-order valence-corrected chi connectivity index (χ2v) is 4.64. The van der Waals surface area contributed by atoms with Gasteiger partial charge < -0.3 is 4.74 Å². The first-order valence-corrected chi connectivity index (χ1v) is 7.04. The lowest BCUT2D eigenvalue weighted by atomic mass is 10.2. The van der Waals surface area contributed by atoms with E-state index in [1.54, 1.807) is 31.4 Å². The Kier molecular flexibility index (Phi) is 5.94. The highest BCUT2D eigenvalue weighted by Gasteiger charge is 1.92. The normalized spacial score (nSPS) is 11.5. The van der Waals surface area contributed by atoms with Crippen LogP contribution in [0.15, 0.2) is 78.9 Å². The third-order valence-electron chi connectivity index (χ3n) is 3.02. The molecular formula is C20H18O2. The minimum Gasteiger partial charge on any atom is -0.497 e. The molecule has 0 heterocycles. The second-order valence-electron chi connectivity index (χ2n) is 4.64. The van der Waals surface area contributed by atoms with Gasteiger partial charge in [0.2, 0.25) is 0 Å². The zero-order valence-electron chi connectivity index (χ0n) is 12.5. The molecule has 2 aromatic carbocycles. The summed E-state index contributed by atoms with van der Waals surface area (Å²) in [5, 5.41) is 0. The molecule has 2 aromatic rings. The third kappa shape index (κ3) is 5.25. The summed E-state index contributed by atoms with van der Waals surface area (Å²) in [6, 6.07) is 17.5. The molecule has 0 spiro atoms. The first-order chi connectivity index (χ1) is 10.8. The molecule has 2 nitrogen and oxygen atoms in total. The van der Waals surface area contributed by atoms with E-state index in [2.05, 4.69) is 0 Å². The van der Waals surface area contributed by atoms with Crippen molar-refractivity contribution in [1.29, 1.82) is 0 Å². The Labute approximate surface area is 131 Å². The van der Waals surface area contributed by atoms with Crippen molar-refractivity contribution in [3.8, 4) is 5.75 Å². The van der Waals surface area contributed by atoms with E-state index in [9.17, 15) is 4.79 Å². The van der Waals surface area contributed by atoms with Gasteiger partial charge in [-0.15, -0.1) is 0 Å². The Hall–Kier alpha value is -2.87. The average Bonchev–Trinajstić information content (AvgIpc) is 2.58. The summed E-state index contributed by atoms with van der Waals surface area (Å²) in [5.41, 5.74) is 2.07. The number of carbonyl (C=O) groups excluding carboxylic acids is 1. The summed E-state index contributed by atoms with van der Waals surface area (Å²) in [4.78, 5) is 11.7. The molecule has 0 bridgehead atoms. The minimum absolute atomic E-state index is 0.0477. The largest absolute Gasteiger partial charge is 0.497 e. The third-order valence-corrected chi connectivity index (χ3v) is 3.02. The highest BCUT2D eigenvalue weighted by Crippen LogP contribution is 2.12. The number of hydrogen-bond acceptors (Lipinski definition) is 2. The van der Waals surface area contributed by atoms with E-state index in [-0.39, 0.29) is 5.78 Å². The quantitative estimate of drug-likeness (QED) is 0.576. The Morgan fingerprint density at radius 2 is 1.50 bits per heavy atom. The average molecular weight is 290 g/mol. The number of benzene rings is 2. The number of rotatable bonds is 6. The van der Waals surface area contributed by atoms with Crippen LogP contribution in [0.3, 0.4) is 0 Å². The fraction of sp³-hybridized carbons (Fsp3) is 0.0500. The number of ketones is 1. The van der Waals surface area contributed by atoms with Crippen molar-refractivity contribution < 1.29 is 9.53 Å². The predicted octanol–water partition coefficient (Wildman–Crippen LogP) is 4.55. The van der Waals surface area contributed by atoms with Gasteiger partial charge in [-0.1, -0.05) is 66.8 Å². The lowest BCUT2D eigenvalue weighted by Crippen LogP contribution is -1.85. The van der Waals surface area contributed by atoms with Crippen LogP contribution in [0.4, 0.5) is 0 Å². The summed E-state index contributed by atoms with van der Waals surface area (Å²) in [7, 11) is 1.63. The molecule has 110 valence electrons. The molecule has 0 atom stereocenters. The fourth-order valence-electron chi connectivity index (χ4n) is 1.83. The number of methoxy groups -OCH3 is 1. The maximum atomic E-state index is 11.7. The predicted molar refractivity (Wildman–Crippen MR) is 91.7 cm³/mol. The molecule has 0 N–H and O–H groups in total. The van der Waals surface area contributed by atoms with Gasteiger partial charge in [0.25, 0.3) is 0 Å². The van der Waals surface area contributed by atoms with Crippen LogP contribution in [-0.2, 0) is 4.79 Å². The lowest BCUT2D eigenvalue weighted by Gasteiger charge is -1.98. The SMILES string of the molecule is COc1ccc(/C=C\C(=O)/C=C/C=C\c2ccccc2)cc1. The summed E-state index contributed by atoms with van der Waals surface area (Å²) in [5.74, 6) is 0.753. The van der Waals surface area contributed by atoms with Crippen molar-refractivity contribution >= 4 is 17.9 Å². The molecular weight excluding hydrogens is 272 g/mol. The standard InChI is InChI=1S/C20H18O2/c1-22-20-15-12-18(13-16-20)11-14-19(21)10-6-5-9-17-7-3-2-4-8-17/h2-16H,1H3/b9-5-,10-6+,14-11-. The van der Waals surface area contributed by atoms with Gasteiger partial charge in [-0.05, 0) is 35.4 Å². The van der Waals surface area contributed by atoms with Crippen LogP contribution in [0.5, 0.6) is 5.75 Å². The number of ether oxygens (including phenoxy) is 1. The van der Waals surface area contributed by atoms with Crippen molar-refractivity contribution in [3.05, 3.63) is 90.0 Å². The molecule has 0 aliphatic rings. The van der Waals surface area contributed by atoms with E-state index >= 15 is 0 Å². The molecule has 0 aliphatic carbocycles. The molecule has 22 heavy (non-hydrogen) atoms. The van der Waals surface area contributed by atoms with E-state index in [1.807, 2.05) is 66.7 Å². The summed E-state index contributed by atoms with van der Waals surface area (Å²) < 4.78 is 5.09. The first-order valence-electron chi connectivity index (χ1n) is 7.04. The molecule has 0 fully saturated rings. The van der Waals surface area contributed by atoms with Crippen LogP contribution in [0.2, 0.25) is 0 Å².